The summed E-state index contributed by atoms with van der Waals surface area (Å²) in [6, 6.07) is 7.95. The van der Waals surface area contributed by atoms with Gasteiger partial charge in [0.05, 0.1) is 0 Å². The number of carbonyl (C=O) groups is 1. The highest BCUT2D eigenvalue weighted by molar-refractivity contribution is 6.04. The lowest BCUT2D eigenvalue weighted by molar-refractivity contribution is -0.116. The van der Waals surface area contributed by atoms with Gasteiger partial charge < -0.3 is 10.3 Å². The number of nitriles is 1. The van der Waals surface area contributed by atoms with Crippen molar-refractivity contribution in [2.24, 2.45) is 0 Å². The Kier molecular flexibility index (Phi) is 3.67. The molecule has 0 radical (unpaired) electrons. The fraction of sp³-hybridized carbons (Fsp3) is 0.200. The van der Waals surface area contributed by atoms with Gasteiger partial charge in [0.2, 0.25) is 0 Å². The molecule has 0 fully saturated rings. The average Bonchev–Trinajstić information content (AvgIpc) is 2.86. The number of aromatic nitrogens is 1. The van der Waals surface area contributed by atoms with E-state index in [0.717, 1.165) is 22.9 Å². The number of H-pyrrole nitrogens is 1. The molecule has 0 atom stereocenters. The SMILES string of the molecule is CCc1cccc2c(/C=C(\C#N)C(=O)NC)c[nH]c12. The molecule has 4 nitrogen and oxygen atoms in total. The molecule has 2 aromatic rings. The molecule has 4 heteroatoms. The number of aromatic amines is 1. The minimum Gasteiger partial charge on any atom is -0.360 e. The van der Waals surface area contributed by atoms with E-state index in [1.54, 1.807) is 6.08 Å². The van der Waals surface area contributed by atoms with E-state index in [4.69, 9.17) is 5.26 Å². The maximum atomic E-state index is 11.5. The maximum Gasteiger partial charge on any atom is 0.261 e. The molecule has 1 amide bonds. The summed E-state index contributed by atoms with van der Waals surface area (Å²) in [6.07, 6.45) is 4.36. The third-order valence-corrected chi connectivity index (χ3v) is 3.11. The quantitative estimate of drug-likeness (QED) is 0.651. The fourth-order valence-corrected chi connectivity index (χ4v) is 2.09. The molecule has 96 valence electrons. The average molecular weight is 253 g/mol. The number of amides is 1. The van der Waals surface area contributed by atoms with Crippen molar-refractivity contribution in [2.45, 2.75) is 13.3 Å². The first-order valence-corrected chi connectivity index (χ1v) is 6.14. The van der Waals surface area contributed by atoms with Gasteiger partial charge in [-0.15, -0.1) is 0 Å². The molecular formula is C15H15N3O. The third kappa shape index (κ3) is 2.36. The number of nitrogens with one attached hydrogen (secondary N) is 2. The summed E-state index contributed by atoms with van der Waals surface area (Å²) in [6.45, 7) is 2.09. The fourth-order valence-electron chi connectivity index (χ4n) is 2.09. The van der Waals surface area contributed by atoms with Crippen molar-refractivity contribution in [1.82, 2.24) is 10.3 Å². The lowest BCUT2D eigenvalue weighted by Crippen LogP contribution is -2.19. The first-order valence-electron chi connectivity index (χ1n) is 6.14. The van der Waals surface area contributed by atoms with Gasteiger partial charge in [0.15, 0.2) is 0 Å². The number of para-hydroxylation sites is 1. The topological polar surface area (TPSA) is 68.7 Å². The normalized spacial score (nSPS) is 11.3. The van der Waals surface area contributed by atoms with E-state index in [1.807, 2.05) is 24.4 Å². The summed E-state index contributed by atoms with van der Waals surface area (Å²) in [4.78, 5) is 14.7. The zero-order valence-electron chi connectivity index (χ0n) is 10.9. The van der Waals surface area contributed by atoms with Gasteiger partial charge in [-0.1, -0.05) is 25.1 Å². The Morgan fingerprint density at radius 2 is 2.32 bits per heavy atom. The molecule has 2 N–H and O–H groups in total. The molecule has 0 aliphatic carbocycles. The van der Waals surface area contributed by atoms with Crippen molar-refractivity contribution in [3.05, 3.63) is 41.1 Å². The first kappa shape index (κ1) is 12.9. The minimum atomic E-state index is -0.372. The molecule has 0 aliphatic heterocycles. The standard InChI is InChI=1S/C15H15N3O/c1-3-10-5-4-6-13-12(9-18-14(10)13)7-11(8-16)15(19)17-2/h4-7,9,18H,3H2,1-2H3,(H,17,19)/b11-7+. The Balaban J connectivity index is 2.56. The second-order valence-corrected chi connectivity index (χ2v) is 4.19. The zero-order chi connectivity index (χ0) is 13.8. The van der Waals surface area contributed by atoms with Crippen LogP contribution in [0.25, 0.3) is 17.0 Å². The van der Waals surface area contributed by atoms with E-state index in [2.05, 4.69) is 23.3 Å². The van der Waals surface area contributed by atoms with Gasteiger partial charge in [0, 0.05) is 29.7 Å². The first-order chi connectivity index (χ1) is 9.21. The van der Waals surface area contributed by atoms with Crippen LogP contribution < -0.4 is 5.32 Å². The Morgan fingerprint density at radius 1 is 1.53 bits per heavy atom. The number of carbonyl (C=O) groups excluding carboxylic acids is 1. The van der Waals surface area contributed by atoms with E-state index < -0.39 is 0 Å². The monoisotopic (exact) mass is 253 g/mol. The van der Waals surface area contributed by atoms with Crippen molar-refractivity contribution in [3.63, 3.8) is 0 Å². The van der Waals surface area contributed by atoms with Gasteiger partial charge in [0.25, 0.3) is 5.91 Å². The van der Waals surface area contributed by atoms with Gasteiger partial charge in [-0.25, -0.2) is 0 Å². The minimum absolute atomic E-state index is 0.102. The predicted molar refractivity (Wildman–Crippen MR) is 75.3 cm³/mol. The van der Waals surface area contributed by atoms with Gasteiger partial charge in [-0.2, -0.15) is 5.26 Å². The Labute approximate surface area is 111 Å². The lowest BCUT2D eigenvalue weighted by Gasteiger charge is -1.99. The Hall–Kier alpha value is -2.54. The number of nitrogens with zero attached hydrogens (tertiary/aromatic N) is 1. The molecule has 0 spiro atoms. The molecule has 0 saturated heterocycles. The predicted octanol–water partition coefficient (Wildman–Crippen LogP) is 2.38. The second-order valence-electron chi connectivity index (χ2n) is 4.19. The van der Waals surface area contributed by atoms with Crippen LogP contribution in [0.3, 0.4) is 0 Å². The van der Waals surface area contributed by atoms with Crippen molar-refractivity contribution >= 4 is 22.9 Å². The summed E-state index contributed by atoms with van der Waals surface area (Å²) in [5, 5.41) is 12.5. The number of fused-ring (bicyclic) bond motifs is 1. The van der Waals surface area contributed by atoms with Crippen LogP contribution in [-0.4, -0.2) is 17.9 Å². The highest BCUT2D eigenvalue weighted by atomic mass is 16.1. The van der Waals surface area contributed by atoms with Crippen molar-refractivity contribution in [2.75, 3.05) is 7.05 Å². The Morgan fingerprint density at radius 3 is 2.95 bits per heavy atom. The van der Waals surface area contributed by atoms with Crippen molar-refractivity contribution in [1.29, 1.82) is 5.26 Å². The second kappa shape index (κ2) is 5.40. The number of benzene rings is 1. The molecule has 0 bridgehead atoms. The summed E-state index contributed by atoms with van der Waals surface area (Å²) in [7, 11) is 1.51. The summed E-state index contributed by atoms with van der Waals surface area (Å²) in [5.74, 6) is -0.372. The third-order valence-electron chi connectivity index (χ3n) is 3.11. The Bertz CT molecular complexity index is 689. The molecule has 1 aromatic heterocycles. The highest BCUT2D eigenvalue weighted by Crippen LogP contribution is 2.24. The lowest BCUT2D eigenvalue weighted by atomic mass is 10.1. The van der Waals surface area contributed by atoms with E-state index in [-0.39, 0.29) is 11.5 Å². The number of hydrogen-bond acceptors (Lipinski definition) is 2. The molecule has 0 saturated carbocycles. The van der Waals surface area contributed by atoms with Gasteiger partial charge in [-0.05, 0) is 18.1 Å². The number of aryl methyl sites for hydroxylation is 1. The summed E-state index contributed by atoms with van der Waals surface area (Å²) < 4.78 is 0. The van der Waals surface area contributed by atoms with Crippen LogP contribution in [0.1, 0.15) is 18.1 Å². The van der Waals surface area contributed by atoms with Crippen LogP contribution in [-0.2, 0) is 11.2 Å². The molecule has 1 heterocycles. The molecule has 0 unspecified atom stereocenters. The van der Waals surface area contributed by atoms with Crippen LogP contribution in [0.2, 0.25) is 0 Å². The highest BCUT2D eigenvalue weighted by Gasteiger charge is 2.09. The molecule has 19 heavy (non-hydrogen) atoms. The molecule has 0 aliphatic rings. The summed E-state index contributed by atoms with van der Waals surface area (Å²) >= 11 is 0. The number of likely N-dealkylation sites (N-methyl/N-ethyl adjacent to an activating group) is 1. The van der Waals surface area contributed by atoms with Crippen LogP contribution in [0.15, 0.2) is 30.0 Å². The van der Waals surface area contributed by atoms with Crippen LogP contribution >= 0.6 is 0 Å². The zero-order valence-corrected chi connectivity index (χ0v) is 10.9. The van der Waals surface area contributed by atoms with Crippen LogP contribution in [0.5, 0.6) is 0 Å². The van der Waals surface area contributed by atoms with Crippen molar-refractivity contribution < 1.29 is 4.79 Å². The number of rotatable bonds is 3. The van der Waals surface area contributed by atoms with Crippen LogP contribution in [0.4, 0.5) is 0 Å². The van der Waals surface area contributed by atoms with E-state index in [0.29, 0.717) is 0 Å². The molecular weight excluding hydrogens is 238 g/mol. The maximum absolute atomic E-state index is 11.5. The van der Waals surface area contributed by atoms with E-state index in [9.17, 15) is 4.79 Å². The van der Waals surface area contributed by atoms with E-state index in [1.165, 1.54) is 12.6 Å². The van der Waals surface area contributed by atoms with Gasteiger partial charge in [-0.3, -0.25) is 4.79 Å². The summed E-state index contributed by atoms with van der Waals surface area (Å²) in [5.41, 5.74) is 3.23. The largest absolute Gasteiger partial charge is 0.360 e. The molecule has 2 rings (SSSR count). The van der Waals surface area contributed by atoms with Gasteiger partial charge >= 0.3 is 0 Å². The molecule has 1 aromatic carbocycles. The smallest absolute Gasteiger partial charge is 0.261 e. The van der Waals surface area contributed by atoms with E-state index >= 15 is 0 Å². The van der Waals surface area contributed by atoms with Crippen LogP contribution in [0, 0.1) is 11.3 Å². The number of hydrogen-bond donors (Lipinski definition) is 2. The van der Waals surface area contributed by atoms with Gasteiger partial charge in [0.1, 0.15) is 11.6 Å². The van der Waals surface area contributed by atoms with Crippen molar-refractivity contribution in [3.8, 4) is 6.07 Å².